The maximum Gasteiger partial charge on any atom is 0.150 e. The van der Waals surface area contributed by atoms with Gasteiger partial charge in [0.25, 0.3) is 0 Å². The number of benzene rings is 2. The molecule has 0 spiro atoms. The van der Waals surface area contributed by atoms with Gasteiger partial charge in [0.1, 0.15) is 5.52 Å². The zero-order chi connectivity index (χ0) is 20.5. The van der Waals surface area contributed by atoms with Gasteiger partial charge < -0.3 is 5.73 Å². The maximum atomic E-state index is 6.18. The molecule has 0 aliphatic carbocycles. The van der Waals surface area contributed by atoms with E-state index in [1.54, 1.807) is 0 Å². The molecule has 148 valence electrons. The molecule has 0 saturated heterocycles. The summed E-state index contributed by atoms with van der Waals surface area (Å²) in [5.41, 5.74) is 14.5. The largest absolute Gasteiger partial charge is 0.382 e. The van der Waals surface area contributed by atoms with E-state index in [0.717, 1.165) is 41.1 Å². The fourth-order valence-corrected chi connectivity index (χ4v) is 4.11. The molecular formula is C26H29N3. The van der Waals surface area contributed by atoms with Crippen molar-refractivity contribution in [3.8, 4) is 0 Å². The van der Waals surface area contributed by atoms with Crippen molar-refractivity contribution in [3.05, 3.63) is 76.5 Å². The predicted molar refractivity (Wildman–Crippen MR) is 123 cm³/mol. The summed E-state index contributed by atoms with van der Waals surface area (Å²) in [5, 5.41) is 2.21. The summed E-state index contributed by atoms with van der Waals surface area (Å²) in [6.07, 6.45) is 5.06. The lowest BCUT2D eigenvalue weighted by Gasteiger charge is -2.11. The summed E-state index contributed by atoms with van der Waals surface area (Å²) in [7, 11) is 0. The van der Waals surface area contributed by atoms with Crippen LogP contribution in [0.3, 0.4) is 0 Å². The predicted octanol–water partition coefficient (Wildman–Crippen LogP) is 5.97. The first kappa shape index (κ1) is 19.4. The van der Waals surface area contributed by atoms with Crippen LogP contribution in [0.4, 0.5) is 5.82 Å². The molecule has 0 amide bonds. The van der Waals surface area contributed by atoms with Crippen LogP contribution in [0.1, 0.15) is 41.7 Å². The molecule has 3 heteroatoms. The molecule has 0 radical (unpaired) electrons. The summed E-state index contributed by atoms with van der Waals surface area (Å²) in [4.78, 5) is 9.19. The van der Waals surface area contributed by atoms with Gasteiger partial charge in [-0.25, -0.2) is 4.98 Å². The molecule has 0 aliphatic heterocycles. The van der Waals surface area contributed by atoms with Crippen molar-refractivity contribution in [1.82, 2.24) is 9.97 Å². The van der Waals surface area contributed by atoms with Crippen LogP contribution in [0.5, 0.6) is 0 Å². The molecule has 0 unspecified atom stereocenters. The number of hydrogen-bond acceptors (Lipinski definition) is 3. The lowest BCUT2D eigenvalue weighted by atomic mass is 9.95. The lowest BCUT2D eigenvalue weighted by Crippen LogP contribution is -2.00. The molecule has 4 aromatic rings. The second kappa shape index (κ2) is 7.82. The van der Waals surface area contributed by atoms with E-state index in [-0.39, 0.29) is 0 Å². The number of nitrogens with zero attached hydrogens (tertiary/aromatic N) is 2. The molecule has 2 aromatic heterocycles. The smallest absolute Gasteiger partial charge is 0.150 e. The number of aromatic nitrogens is 2. The van der Waals surface area contributed by atoms with Gasteiger partial charge in [0.05, 0.1) is 5.52 Å². The summed E-state index contributed by atoms with van der Waals surface area (Å²) in [6.45, 7) is 8.83. The Kier molecular flexibility index (Phi) is 5.23. The Morgan fingerprint density at radius 3 is 2.48 bits per heavy atom. The van der Waals surface area contributed by atoms with Crippen molar-refractivity contribution in [1.29, 1.82) is 0 Å². The number of pyridine rings is 2. The van der Waals surface area contributed by atoms with E-state index in [1.807, 2.05) is 6.20 Å². The molecule has 2 N–H and O–H groups in total. The standard InChI is InChI=1S/C26H29N3/c1-16(2)11-19-6-8-21(18(4)13-19)9-7-20-14-23-22-10-5-17(3)12-24(22)29-26(27)25(23)28-15-20/h5-6,8,10,12-16H,7,9,11H2,1-4H3,(H2,27,29). The number of fused-ring (bicyclic) bond motifs is 3. The number of rotatable bonds is 5. The Balaban J connectivity index is 1.63. The first-order valence-corrected chi connectivity index (χ1v) is 10.4. The quantitative estimate of drug-likeness (QED) is 0.432. The summed E-state index contributed by atoms with van der Waals surface area (Å²) in [5.74, 6) is 1.19. The molecule has 2 heterocycles. The van der Waals surface area contributed by atoms with Gasteiger partial charge in [-0.15, -0.1) is 0 Å². The van der Waals surface area contributed by atoms with Crippen LogP contribution >= 0.6 is 0 Å². The number of nitrogen functional groups attached to an aromatic ring is 1. The summed E-state index contributed by atoms with van der Waals surface area (Å²) < 4.78 is 0. The van der Waals surface area contributed by atoms with Gasteiger partial charge in [0.2, 0.25) is 0 Å². The molecule has 4 rings (SSSR count). The van der Waals surface area contributed by atoms with Crippen molar-refractivity contribution >= 4 is 27.6 Å². The number of nitrogens with two attached hydrogens (primary N) is 1. The zero-order valence-electron chi connectivity index (χ0n) is 17.8. The van der Waals surface area contributed by atoms with Crippen LogP contribution in [0.25, 0.3) is 21.8 Å². The zero-order valence-corrected chi connectivity index (χ0v) is 17.8. The fourth-order valence-electron chi connectivity index (χ4n) is 4.11. The lowest BCUT2D eigenvalue weighted by molar-refractivity contribution is 0.646. The minimum Gasteiger partial charge on any atom is -0.382 e. The molecule has 0 fully saturated rings. The first-order valence-electron chi connectivity index (χ1n) is 10.4. The van der Waals surface area contributed by atoms with Crippen molar-refractivity contribution < 1.29 is 0 Å². The molecular weight excluding hydrogens is 354 g/mol. The monoisotopic (exact) mass is 383 g/mol. The highest BCUT2D eigenvalue weighted by Gasteiger charge is 2.10. The van der Waals surface area contributed by atoms with Gasteiger partial charge in [0, 0.05) is 17.0 Å². The van der Waals surface area contributed by atoms with Gasteiger partial charge in [-0.2, -0.15) is 0 Å². The molecule has 29 heavy (non-hydrogen) atoms. The van der Waals surface area contributed by atoms with Crippen molar-refractivity contribution in [3.63, 3.8) is 0 Å². The number of aryl methyl sites for hydroxylation is 4. The van der Waals surface area contributed by atoms with Crippen LogP contribution in [0.2, 0.25) is 0 Å². The SMILES string of the molecule is Cc1ccc2c(c1)nc(N)c1ncc(CCc3ccc(CC(C)C)cc3C)cc12. The third kappa shape index (κ3) is 4.09. The Labute approximate surface area is 173 Å². The number of hydrogen-bond donors (Lipinski definition) is 1. The molecule has 3 nitrogen and oxygen atoms in total. The van der Waals surface area contributed by atoms with Crippen LogP contribution in [-0.2, 0) is 19.3 Å². The van der Waals surface area contributed by atoms with Gasteiger partial charge in [-0.3, -0.25) is 4.98 Å². The van der Waals surface area contributed by atoms with E-state index in [9.17, 15) is 0 Å². The van der Waals surface area contributed by atoms with Crippen LogP contribution in [0.15, 0.2) is 48.7 Å². The summed E-state index contributed by atoms with van der Waals surface area (Å²) in [6, 6.07) is 15.5. The van der Waals surface area contributed by atoms with E-state index in [1.165, 1.54) is 27.8 Å². The van der Waals surface area contributed by atoms with Crippen molar-refractivity contribution in [2.75, 3.05) is 5.73 Å². The van der Waals surface area contributed by atoms with Crippen LogP contribution in [0, 0.1) is 19.8 Å². The average Bonchev–Trinajstić information content (AvgIpc) is 2.66. The van der Waals surface area contributed by atoms with Gasteiger partial charge >= 0.3 is 0 Å². The maximum absolute atomic E-state index is 6.18. The third-order valence-corrected chi connectivity index (χ3v) is 5.61. The van der Waals surface area contributed by atoms with Crippen molar-refractivity contribution in [2.45, 2.75) is 47.0 Å². The third-order valence-electron chi connectivity index (χ3n) is 5.61. The normalized spacial score (nSPS) is 11.6. The summed E-state index contributed by atoms with van der Waals surface area (Å²) >= 11 is 0. The van der Waals surface area contributed by atoms with Crippen LogP contribution < -0.4 is 5.73 Å². The minimum atomic E-state index is 0.501. The number of anilines is 1. The molecule has 0 atom stereocenters. The Hall–Kier alpha value is -2.94. The molecule has 2 aromatic carbocycles. The average molecular weight is 384 g/mol. The first-order chi connectivity index (χ1) is 13.9. The van der Waals surface area contributed by atoms with Gasteiger partial charge in [-0.1, -0.05) is 44.2 Å². The highest BCUT2D eigenvalue weighted by molar-refractivity contribution is 6.08. The second-order valence-electron chi connectivity index (χ2n) is 8.62. The van der Waals surface area contributed by atoms with Crippen LogP contribution in [-0.4, -0.2) is 9.97 Å². The van der Waals surface area contributed by atoms with E-state index < -0.39 is 0 Å². The minimum absolute atomic E-state index is 0.501. The van der Waals surface area contributed by atoms with Gasteiger partial charge in [0.15, 0.2) is 5.82 Å². The van der Waals surface area contributed by atoms with Gasteiger partial charge in [-0.05, 0) is 79.0 Å². The highest BCUT2D eigenvalue weighted by atomic mass is 14.9. The molecule has 0 saturated carbocycles. The van der Waals surface area contributed by atoms with E-state index in [4.69, 9.17) is 5.73 Å². The highest BCUT2D eigenvalue weighted by Crippen LogP contribution is 2.28. The molecule has 0 aliphatic rings. The second-order valence-corrected chi connectivity index (χ2v) is 8.62. The Morgan fingerprint density at radius 1 is 0.897 bits per heavy atom. The Bertz CT molecular complexity index is 1190. The van der Waals surface area contributed by atoms with Crippen molar-refractivity contribution in [2.24, 2.45) is 5.92 Å². The van der Waals surface area contributed by atoms with E-state index in [2.05, 4.69) is 80.1 Å². The van der Waals surface area contributed by atoms with E-state index in [0.29, 0.717) is 11.7 Å². The van der Waals surface area contributed by atoms with E-state index >= 15 is 0 Å². The Morgan fingerprint density at radius 2 is 1.72 bits per heavy atom. The topological polar surface area (TPSA) is 51.8 Å². The fraction of sp³-hybridized carbons (Fsp3) is 0.308. The molecule has 0 bridgehead atoms.